The summed E-state index contributed by atoms with van der Waals surface area (Å²) in [5.41, 5.74) is 1.29. The number of carbonyl (C=O) groups is 1. The van der Waals surface area contributed by atoms with E-state index in [4.69, 9.17) is 11.6 Å². The highest BCUT2D eigenvalue weighted by atomic mass is 35.5. The molecule has 5 heteroatoms. The minimum atomic E-state index is -0.108. The van der Waals surface area contributed by atoms with Gasteiger partial charge >= 0.3 is 6.03 Å². The molecule has 1 aliphatic heterocycles. The van der Waals surface area contributed by atoms with Crippen LogP contribution in [0.3, 0.4) is 0 Å². The Bertz CT molecular complexity index is 615. The smallest absolute Gasteiger partial charge is 0.323 e. The van der Waals surface area contributed by atoms with Crippen LogP contribution in [0.25, 0.3) is 0 Å². The zero-order valence-corrected chi connectivity index (χ0v) is 12.3. The molecule has 1 aromatic carbocycles. The maximum Gasteiger partial charge on any atom is 0.323 e. The number of hydrogen-bond donors (Lipinski definition) is 1. The van der Waals surface area contributed by atoms with E-state index in [0.717, 1.165) is 19.5 Å². The van der Waals surface area contributed by atoms with Gasteiger partial charge in [0.05, 0.1) is 5.02 Å². The predicted molar refractivity (Wildman–Crippen MR) is 83.6 cm³/mol. The second-order valence-electron chi connectivity index (χ2n) is 5.13. The fraction of sp³-hybridized carbons (Fsp3) is 0.250. The third kappa shape index (κ3) is 3.34. The van der Waals surface area contributed by atoms with E-state index in [-0.39, 0.29) is 6.03 Å². The fourth-order valence-electron chi connectivity index (χ4n) is 2.58. The number of amides is 2. The van der Waals surface area contributed by atoms with Gasteiger partial charge in [0.1, 0.15) is 5.82 Å². The van der Waals surface area contributed by atoms with Crippen molar-refractivity contribution in [2.45, 2.75) is 12.3 Å². The Morgan fingerprint density at radius 2 is 2.05 bits per heavy atom. The van der Waals surface area contributed by atoms with E-state index in [1.807, 2.05) is 23.1 Å². The molecule has 1 unspecified atom stereocenters. The van der Waals surface area contributed by atoms with Crippen molar-refractivity contribution in [3.05, 3.63) is 59.2 Å². The van der Waals surface area contributed by atoms with E-state index in [1.54, 1.807) is 12.1 Å². The van der Waals surface area contributed by atoms with Crippen LogP contribution in [0.2, 0.25) is 5.02 Å². The lowest BCUT2D eigenvalue weighted by Crippen LogP contribution is -2.33. The van der Waals surface area contributed by atoms with Crippen LogP contribution in [0, 0.1) is 0 Å². The van der Waals surface area contributed by atoms with Gasteiger partial charge in [0.15, 0.2) is 0 Å². The molecule has 4 nitrogen and oxygen atoms in total. The number of nitrogens with zero attached hydrogens (tertiary/aromatic N) is 2. The van der Waals surface area contributed by atoms with Crippen LogP contribution >= 0.6 is 11.6 Å². The summed E-state index contributed by atoms with van der Waals surface area (Å²) >= 11 is 5.78. The van der Waals surface area contributed by atoms with Gasteiger partial charge in [0.2, 0.25) is 0 Å². The molecule has 1 saturated heterocycles. The van der Waals surface area contributed by atoms with E-state index < -0.39 is 0 Å². The highest BCUT2D eigenvalue weighted by molar-refractivity contribution is 6.30. The van der Waals surface area contributed by atoms with Crippen molar-refractivity contribution in [2.75, 3.05) is 18.4 Å². The van der Waals surface area contributed by atoms with Gasteiger partial charge in [-0.1, -0.05) is 41.9 Å². The normalized spacial score (nSPS) is 17.8. The maximum absolute atomic E-state index is 12.2. The molecule has 0 spiro atoms. The first-order chi connectivity index (χ1) is 10.2. The molecule has 1 aliphatic rings. The standard InChI is InChI=1S/C16H16ClN3O/c17-14-6-7-15(18-10-14)19-16(21)20-9-8-13(11-20)12-4-2-1-3-5-12/h1-7,10,13H,8-9,11H2,(H,18,19,21). The average molecular weight is 302 g/mol. The summed E-state index contributed by atoms with van der Waals surface area (Å²) in [6, 6.07) is 13.6. The van der Waals surface area contributed by atoms with E-state index in [2.05, 4.69) is 22.4 Å². The minimum absolute atomic E-state index is 0.108. The van der Waals surface area contributed by atoms with Crippen molar-refractivity contribution in [1.82, 2.24) is 9.88 Å². The molecule has 21 heavy (non-hydrogen) atoms. The summed E-state index contributed by atoms with van der Waals surface area (Å²) < 4.78 is 0. The number of hydrogen-bond acceptors (Lipinski definition) is 2. The van der Waals surface area contributed by atoms with Crippen LogP contribution in [-0.2, 0) is 0 Å². The molecule has 2 aromatic rings. The summed E-state index contributed by atoms with van der Waals surface area (Å²) in [5.74, 6) is 0.933. The number of carbonyl (C=O) groups excluding carboxylic acids is 1. The Balaban J connectivity index is 1.61. The van der Waals surface area contributed by atoms with Gasteiger partial charge < -0.3 is 4.90 Å². The number of pyridine rings is 1. The molecule has 0 aliphatic carbocycles. The van der Waals surface area contributed by atoms with Gasteiger partial charge in [-0.15, -0.1) is 0 Å². The highest BCUT2D eigenvalue weighted by Crippen LogP contribution is 2.27. The number of likely N-dealkylation sites (tertiary alicyclic amines) is 1. The summed E-state index contributed by atoms with van der Waals surface area (Å²) in [6.07, 6.45) is 2.51. The summed E-state index contributed by atoms with van der Waals surface area (Å²) in [5, 5.41) is 3.35. The van der Waals surface area contributed by atoms with Crippen molar-refractivity contribution in [2.24, 2.45) is 0 Å². The SMILES string of the molecule is O=C(Nc1ccc(Cl)cn1)N1CCC(c2ccccc2)C1. The Kier molecular flexibility index (Phi) is 4.06. The van der Waals surface area contributed by atoms with Crippen LogP contribution in [0.5, 0.6) is 0 Å². The average Bonchev–Trinajstić information content (AvgIpc) is 3.00. The van der Waals surface area contributed by atoms with Crippen LogP contribution in [0.15, 0.2) is 48.7 Å². The molecule has 2 amide bonds. The number of nitrogens with one attached hydrogen (secondary N) is 1. The van der Waals surface area contributed by atoms with E-state index >= 15 is 0 Å². The molecule has 3 rings (SSSR count). The van der Waals surface area contributed by atoms with Crippen LogP contribution < -0.4 is 5.32 Å². The van der Waals surface area contributed by atoms with Crippen molar-refractivity contribution in [1.29, 1.82) is 0 Å². The number of rotatable bonds is 2. The lowest BCUT2D eigenvalue weighted by atomic mass is 9.99. The minimum Gasteiger partial charge on any atom is -0.324 e. The zero-order chi connectivity index (χ0) is 14.7. The van der Waals surface area contributed by atoms with E-state index in [0.29, 0.717) is 16.8 Å². The van der Waals surface area contributed by atoms with Crippen molar-refractivity contribution in [3.63, 3.8) is 0 Å². The number of aromatic nitrogens is 1. The quantitative estimate of drug-likeness (QED) is 0.918. The molecule has 1 fully saturated rings. The lowest BCUT2D eigenvalue weighted by molar-refractivity contribution is 0.222. The molecular formula is C16H16ClN3O. The van der Waals surface area contributed by atoms with Gasteiger partial charge in [-0.2, -0.15) is 0 Å². The predicted octanol–water partition coefficient (Wildman–Crippen LogP) is 3.76. The first-order valence-corrected chi connectivity index (χ1v) is 7.32. The third-order valence-electron chi connectivity index (χ3n) is 3.71. The third-order valence-corrected chi connectivity index (χ3v) is 3.93. The molecule has 108 valence electrons. The van der Waals surface area contributed by atoms with Crippen LogP contribution in [-0.4, -0.2) is 29.0 Å². The van der Waals surface area contributed by atoms with Crippen molar-refractivity contribution in [3.8, 4) is 0 Å². The Labute approximate surface area is 128 Å². The molecule has 0 bridgehead atoms. The summed E-state index contributed by atoms with van der Waals surface area (Å²) in [4.78, 5) is 18.1. The van der Waals surface area contributed by atoms with Gasteiger partial charge in [0.25, 0.3) is 0 Å². The van der Waals surface area contributed by atoms with Crippen LogP contribution in [0.4, 0.5) is 10.6 Å². The molecular weight excluding hydrogens is 286 g/mol. The van der Waals surface area contributed by atoms with Gasteiger partial charge in [-0.3, -0.25) is 5.32 Å². The molecule has 1 atom stereocenters. The lowest BCUT2D eigenvalue weighted by Gasteiger charge is -2.17. The Morgan fingerprint density at radius 1 is 1.24 bits per heavy atom. The molecule has 1 N–H and O–H groups in total. The first kappa shape index (κ1) is 13.9. The van der Waals surface area contributed by atoms with E-state index in [9.17, 15) is 4.79 Å². The molecule has 1 aromatic heterocycles. The summed E-state index contributed by atoms with van der Waals surface area (Å²) in [7, 11) is 0. The maximum atomic E-state index is 12.2. The fourth-order valence-corrected chi connectivity index (χ4v) is 2.69. The van der Waals surface area contributed by atoms with E-state index in [1.165, 1.54) is 11.8 Å². The van der Waals surface area contributed by atoms with Crippen molar-refractivity contribution < 1.29 is 4.79 Å². The number of halogens is 1. The Hall–Kier alpha value is -2.07. The molecule has 0 radical (unpaired) electrons. The number of benzene rings is 1. The van der Waals surface area contributed by atoms with Gasteiger partial charge in [-0.05, 0) is 24.1 Å². The van der Waals surface area contributed by atoms with Crippen LogP contribution in [0.1, 0.15) is 17.9 Å². The topological polar surface area (TPSA) is 45.2 Å². The summed E-state index contributed by atoms with van der Waals surface area (Å²) in [6.45, 7) is 1.50. The number of anilines is 1. The highest BCUT2D eigenvalue weighted by Gasteiger charge is 2.27. The zero-order valence-electron chi connectivity index (χ0n) is 11.5. The second kappa shape index (κ2) is 6.14. The molecule has 2 heterocycles. The van der Waals surface area contributed by atoms with Gasteiger partial charge in [-0.25, -0.2) is 9.78 Å². The first-order valence-electron chi connectivity index (χ1n) is 6.95. The second-order valence-corrected chi connectivity index (χ2v) is 5.57. The van der Waals surface area contributed by atoms with Gasteiger partial charge in [0, 0.05) is 25.2 Å². The molecule has 0 saturated carbocycles. The monoisotopic (exact) mass is 301 g/mol. The van der Waals surface area contributed by atoms with Crippen molar-refractivity contribution >= 4 is 23.4 Å². The largest absolute Gasteiger partial charge is 0.324 e. The Morgan fingerprint density at radius 3 is 2.76 bits per heavy atom. The number of urea groups is 1.